The minimum atomic E-state index is -0.759. The molecule has 108 valence electrons. The number of carbonyl (C=O) groups is 2. The predicted octanol–water partition coefficient (Wildman–Crippen LogP) is 1.25. The summed E-state index contributed by atoms with van der Waals surface area (Å²) in [6, 6.07) is 0. The average molecular weight is 264 g/mol. The predicted molar refractivity (Wildman–Crippen MR) is 66.4 cm³/mol. The molecule has 4 N–H and O–H groups in total. The molecular formula is C12H24O6. The number of unbranched alkanes of at least 4 members (excludes halogenated alkanes) is 4. The summed E-state index contributed by atoms with van der Waals surface area (Å²) in [6.07, 6.45) is 3.97. The SMILES string of the molecule is CC(O)CO.O=C(O)CCCCCCCC(=O)O. The fraction of sp³-hybridized carbons (Fsp3) is 0.833. The van der Waals surface area contributed by atoms with Crippen LogP contribution in [0.25, 0.3) is 0 Å². The molecule has 1 unspecified atom stereocenters. The van der Waals surface area contributed by atoms with E-state index in [9.17, 15) is 9.59 Å². The van der Waals surface area contributed by atoms with Gasteiger partial charge in [0.15, 0.2) is 0 Å². The van der Waals surface area contributed by atoms with E-state index >= 15 is 0 Å². The quantitative estimate of drug-likeness (QED) is 0.466. The normalized spacial score (nSPS) is 11.3. The van der Waals surface area contributed by atoms with Crippen molar-refractivity contribution in [3.63, 3.8) is 0 Å². The van der Waals surface area contributed by atoms with Crippen LogP contribution in [0, 0.1) is 0 Å². The summed E-state index contributed by atoms with van der Waals surface area (Å²) in [5.41, 5.74) is 0. The second-order valence-corrected chi connectivity index (χ2v) is 4.09. The lowest BCUT2D eigenvalue weighted by molar-refractivity contribution is -0.138. The summed E-state index contributed by atoms with van der Waals surface area (Å²) in [5, 5.41) is 32.6. The summed E-state index contributed by atoms with van der Waals surface area (Å²) in [5.74, 6) is -1.52. The largest absolute Gasteiger partial charge is 0.481 e. The van der Waals surface area contributed by atoms with Crippen LogP contribution >= 0.6 is 0 Å². The lowest BCUT2D eigenvalue weighted by Crippen LogP contribution is -2.03. The minimum absolute atomic E-state index is 0.139. The number of carboxylic acids is 2. The molecule has 0 radical (unpaired) electrons. The van der Waals surface area contributed by atoms with Crippen LogP contribution in [0.4, 0.5) is 0 Å². The summed E-state index contributed by atoms with van der Waals surface area (Å²) in [4.78, 5) is 20.2. The van der Waals surface area contributed by atoms with Gasteiger partial charge >= 0.3 is 11.9 Å². The van der Waals surface area contributed by atoms with E-state index in [4.69, 9.17) is 20.4 Å². The summed E-state index contributed by atoms with van der Waals surface area (Å²) in [6.45, 7) is 1.39. The van der Waals surface area contributed by atoms with Crippen LogP contribution in [0.15, 0.2) is 0 Å². The fourth-order valence-corrected chi connectivity index (χ4v) is 1.08. The molecule has 0 saturated heterocycles. The number of aliphatic hydroxyl groups is 2. The molecule has 0 aromatic rings. The van der Waals surface area contributed by atoms with Crippen LogP contribution in [0.1, 0.15) is 51.9 Å². The maximum absolute atomic E-state index is 10.1. The van der Waals surface area contributed by atoms with Crippen LogP contribution in [0.5, 0.6) is 0 Å². The molecule has 0 bridgehead atoms. The standard InChI is InChI=1S/C9H16O4.C3H8O2/c10-8(11)6-4-2-1-3-5-7-9(12)13;1-3(5)2-4/h1-7H2,(H,10,11)(H,12,13);3-5H,2H2,1H3. The first kappa shape index (κ1) is 19.2. The second kappa shape index (κ2) is 13.9. The molecule has 0 aliphatic carbocycles. The topological polar surface area (TPSA) is 115 Å². The highest BCUT2D eigenvalue weighted by atomic mass is 16.4. The zero-order valence-corrected chi connectivity index (χ0v) is 10.8. The van der Waals surface area contributed by atoms with Crippen LogP contribution in [-0.4, -0.2) is 45.1 Å². The van der Waals surface area contributed by atoms with E-state index in [0.717, 1.165) is 19.3 Å². The van der Waals surface area contributed by atoms with Crippen molar-refractivity contribution in [3.8, 4) is 0 Å². The van der Waals surface area contributed by atoms with Crippen LogP contribution < -0.4 is 0 Å². The molecular weight excluding hydrogens is 240 g/mol. The third-order valence-electron chi connectivity index (χ3n) is 2.05. The first-order chi connectivity index (χ1) is 8.40. The van der Waals surface area contributed by atoms with Crippen molar-refractivity contribution in [2.24, 2.45) is 0 Å². The van der Waals surface area contributed by atoms with E-state index in [1.54, 1.807) is 0 Å². The van der Waals surface area contributed by atoms with E-state index in [1.165, 1.54) is 6.92 Å². The Morgan fingerprint density at radius 3 is 1.39 bits per heavy atom. The van der Waals surface area contributed by atoms with Gasteiger partial charge in [0.1, 0.15) is 0 Å². The lowest BCUT2D eigenvalue weighted by Gasteiger charge is -1.97. The van der Waals surface area contributed by atoms with Crippen molar-refractivity contribution in [1.82, 2.24) is 0 Å². The Kier molecular flexibility index (Phi) is 14.9. The van der Waals surface area contributed by atoms with Crippen molar-refractivity contribution in [3.05, 3.63) is 0 Å². The Labute approximate surface area is 107 Å². The molecule has 6 heteroatoms. The Morgan fingerprint density at radius 1 is 0.889 bits per heavy atom. The van der Waals surface area contributed by atoms with Gasteiger partial charge < -0.3 is 20.4 Å². The average Bonchev–Trinajstić information content (AvgIpc) is 2.27. The van der Waals surface area contributed by atoms with Gasteiger partial charge in [-0.1, -0.05) is 19.3 Å². The van der Waals surface area contributed by atoms with Crippen molar-refractivity contribution in [2.45, 2.75) is 58.0 Å². The third kappa shape index (κ3) is 24.2. The smallest absolute Gasteiger partial charge is 0.303 e. The molecule has 0 spiro atoms. The van der Waals surface area contributed by atoms with Crippen molar-refractivity contribution >= 4 is 11.9 Å². The molecule has 0 aliphatic heterocycles. The molecule has 0 amide bonds. The molecule has 6 nitrogen and oxygen atoms in total. The zero-order chi connectivity index (χ0) is 14.4. The maximum atomic E-state index is 10.1. The van der Waals surface area contributed by atoms with Crippen LogP contribution in [0.3, 0.4) is 0 Å². The molecule has 0 heterocycles. The van der Waals surface area contributed by atoms with E-state index in [-0.39, 0.29) is 19.4 Å². The Hall–Kier alpha value is -1.14. The molecule has 0 fully saturated rings. The van der Waals surface area contributed by atoms with E-state index in [0.29, 0.717) is 12.8 Å². The number of aliphatic carboxylic acids is 2. The monoisotopic (exact) mass is 264 g/mol. The minimum Gasteiger partial charge on any atom is -0.481 e. The molecule has 1 atom stereocenters. The van der Waals surface area contributed by atoms with E-state index < -0.39 is 18.0 Å². The van der Waals surface area contributed by atoms with Crippen molar-refractivity contribution in [2.75, 3.05) is 6.61 Å². The van der Waals surface area contributed by atoms with Gasteiger partial charge in [-0.05, 0) is 19.8 Å². The molecule has 0 aromatic heterocycles. The second-order valence-electron chi connectivity index (χ2n) is 4.09. The van der Waals surface area contributed by atoms with Gasteiger partial charge in [0.05, 0.1) is 12.7 Å². The van der Waals surface area contributed by atoms with Crippen LogP contribution in [0.2, 0.25) is 0 Å². The van der Waals surface area contributed by atoms with Crippen molar-refractivity contribution < 1.29 is 30.0 Å². The summed E-state index contributed by atoms with van der Waals surface area (Å²) >= 11 is 0. The van der Waals surface area contributed by atoms with Crippen molar-refractivity contribution in [1.29, 1.82) is 0 Å². The van der Waals surface area contributed by atoms with Gasteiger partial charge in [-0.2, -0.15) is 0 Å². The number of aliphatic hydroxyl groups excluding tert-OH is 2. The Morgan fingerprint density at radius 2 is 1.17 bits per heavy atom. The first-order valence-electron chi connectivity index (χ1n) is 6.12. The number of hydrogen-bond acceptors (Lipinski definition) is 4. The highest BCUT2D eigenvalue weighted by Crippen LogP contribution is 2.06. The maximum Gasteiger partial charge on any atom is 0.303 e. The highest BCUT2D eigenvalue weighted by molar-refractivity contribution is 5.66. The Bertz CT molecular complexity index is 197. The summed E-state index contributed by atoms with van der Waals surface area (Å²) < 4.78 is 0. The van der Waals surface area contributed by atoms with Gasteiger partial charge in [0, 0.05) is 12.8 Å². The molecule has 0 rings (SSSR count). The fourth-order valence-electron chi connectivity index (χ4n) is 1.08. The number of carboxylic acid groups (broad SMARTS) is 2. The summed E-state index contributed by atoms with van der Waals surface area (Å²) in [7, 11) is 0. The zero-order valence-electron chi connectivity index (χ0n) is 10.8. The number of rotatable bonds is 9. The van der Waals surface area contributed by atoms with Gasteiger partial charge in [-0.3, -0.25) is 9.59 Å². The van der Waals surface area contributed by atoms with Crippen LogP contribution in [-0.2, 0) is 9.59 Å². The molecule has 0 saturated carbocycles. The van der Waals surface area contributed by atoms with Gasteiger partial charge in [-0.25, -0.2) is 0 Å². The highest BCUT2D eigenvalue weighted by Gasteiger charge is 1.98. The van der Waals surface area contributed by atoms with E-state index in [2.05, 4.69) is 0 Å². The molecule has 0 aliphatic rings. The Balaban J connectivity index is 0. The van der Waals surface area contributed by atoms with Gasteiger partial charge in [0.25, 0.3) is 0 Å². The molecule has 18 heavy (non-hydrogen) atoms. The third-order valence-corrected chi connectivity index (χ3v) is 2.05. The molecule has 0 aromatic carbocycles. The number of hydrogen-bond donors (Lipinski definition) is 4. The van der Waals surface area contributed by atoms with Gasteiger partial charge in [0.2, 0.25) is 0 Å². The first-order valence-corrected chi connectivity index (χ1v) is 6.12. The van der Waals surface area contributed by atoms with E-state index in [1.807, 2.05) is 0 Å². The lowest BCUT2D eigenvalue weighted by atomic mass is 10.1. The van der Waals surface area contributed by atoms with Gasteiger partial charge in [-0.15, -0.1) is 0 Å².